The summed E-state index contributed by atoms with van der Waals surface area (Å²) in [5.74, 6) is 0. The van der Waals surface area contributed by atoms with Crippen molar-refractivity contribution in [1.29, 1.82) is 0 Å². The van der Waals surface area contributed by atoms with E-state index in [-0.39, 0.29) is 5.54 Å². The summed E-state index contributed by atoms with van der Waals surface area (Å²) in [5.41, 5.74) is 1.78. The minimum Gasteiger partial charge on any atom is -0.332 e. The fourth-order valence-electron chi connectivity index (χ4n) is 1.53. The van der Waals surface area contributed by atoms with E-state index in [2.05, 4.69) is 30.3 Å². The first-order valence-corrected chi connectivity index (χ1v) is 6.13. The maximum atomic E-state index is 6.15. The molecule has 0 spiro atoms. The number of imidazole rings is 1. The van der Waals surface area contributed by atoms with E-state index in [9.17, 15) is 0 Å². The van der Waals surface area contributed by atoms with E-state index < -0.39 is 0 Å². The molecule has 2 nitrogen and oxygen atoms in total. The molecule has 4 heteroatoms. The van der Waals surface area contributed by atoms with Gasteiger partial charge in [-0.25, -0.2) is 4.98 Å². The Morgan fingerprint density at radius 3 is 2.41 bits per heavy atom. The van der Waals surface area contributed by atoms with Crippen LogP contribution in [0.4, 0.5) is 0 Å². The van der Waals surface area contributed by atoms with Gasteiger partial charge < -0.3 is 4.57 Å². The molecule has 90 valence electrons. The van der Waals surface area contributed by atoms with E-state index in [0.29, 0.717) is 10.0 Å². The van der Waals surface area contributed by atoms with Gasteiger partial charge in [0.25, 0.3) is 0 Å². The standard InChI is InChI=1S/C13H14Cl2N2/c1-13(2,3)17-7-12(16-8-17)10-5-4-9(14)6-11(10)15/h4-8H,1-3H3. The third kappa shape index (κ3) is 2.64. The Kier molecular flexibility index (Phi) is 3.19. The molecule has 0 radical (unpaired) electrons. The zero-order valence-corrected chi connectivity index (χ0v) is 11.5. The Hall–Kier alpha value is -0.990. The van der Waals surface area contributed by atoms with Crippen LogP contribution in [0, 0.1) is 0 Å². The van der Waals surface area contributed by atoms with E-state index >= 15 is 0 Å². The third-order valence-electron chi connectivity index (χ3n) is 2.56. The van der Waals surface area contributed by atoms with Gasteiger partial charge in [-0.05, 0) is 39.0 Å². The van der Waals surface area contributed by atoms with Crippen LogP contribution < -0.4 is 0 Å². The lowest BCUT2D eigenvalue weighted by atomic mass is 10.1. The molecule has 0 aliphatic heterocycles. The highest BCUT2D eigenvalue weighted by molar-refractivity contribution is 6.36. The van der Waals surface area contributed by atoms with Gasteiger partial charge in [0.1, 0.15) is 0 Å². The average Bonchev–Trinajstić information content (AvgIpc) is 2.65. The summed E-state index contributed by atoms with van der Waals surface area (Å²) in [7, 11) is 0. The highest BCUT2D eigenvalue weighted by atomic mass is 35.5. The summed E-state index contributed by atoms with van der Waals surface area (Å²) >= 11 is 12.0. The van der Waals surface area contributed by atoms with Gasteiger partial charge in [0.15, 0.2) is 0 Å². The molecule has 0 fully saturated rings. The summed E-state index contributed by atoms with van der Waals surface area (Å²) in [4.78, 5) is 4.38. The van der Waals surface area contributed by atoms with Gasteiger partial charge in [-0.15, -0.1) is 0 Å². The second-order valence-corrected chi connectivity index (χ2v) is 5.80. The molecule has 1 heterocycles. The normalized spacial score (nSPS) is 11.8. The van der Waals surface area contributed by atoms with Crippen molar-refractivity contribution < 1.29 is 0 Å². The average molecular weight is 269 g/mol. The van der Waals surface area contributed by atoms with Crippen LogP contribution in [0.3, 0.4) is 0 Å². The molecule has 2 aromatic rings. The second kappa shape index (κ2) is 4.35. The molecule has 0 aliphatic rings. The Morgan fingerprint density at radius 1 is 1.18 bits per heavy atom. The molecular formula is C13H14Cl2N2. The zero-order chi connectivity index (χ0) is 12.6. The van der Waals surface area contributed by atoms with Crippen LogP contribution in [0.2, 0.25) is 10.0 Å². The minimum atomic E-state index is 0.0180. The molecular weight excluding hydrogens is 255 g/mol. The molecule has 0 aliphatic carbocycles. The number of hydrogen-bond donors (Lipinski definition) is 0. The summed E-state index contributed by atoms with van der Waals surface area (Å²) in [6.07, 6.45) is 3.81. The second-order valence-electron chi connectivity index (χ2n) is 4.96. The third-order valence-corrected chi connectivity index (χ3v) is 3.11. The number of aromatic nitrogens is 2. The smallest absolute Gasteiger partial charge is 0.0958 e. The molecule has 17 heavy (non-hydrogen) atoms. The lowest BCUT2D eigenvalue weighted by Gasteiger charge is -2.19. The Labute approximate surface area is 111 Å². The van der Waals surface area contributed by atoms with Crippen molar-refractivity contribution in [2.45, 2.75) is 26.3 Å². The van der Waals surface area contributed by atoms with Crippen molar-refractivity contribution >= 4 is 23.2 Å². The highest BCUT2D eigenvalue weighted by Gasteiger charge is 2.14. The molecule has 0 unspecified atom stereocenters. The first-order valence-electron chi connectivity index (χ1n) is 5.38. The van der Waals surface area contributed by atoms with E-state index in [0.717, 1.165) is 11.3 Å². The van der Waals surface area contributed by atoms with Crippen molar-refractivity contribution in [3.63, 3.8) is 0 Å². The Morgan fingerprint density at radius 2 is 1.88 bits per heavy atom. The fourth-order valence-corrected chi connectivity index (χ4v) is 2.03. The molecule has 1 aromatic carbocycles. The SMILES string of the molecule is CC(C)(C)n1cnc(-c2ccc(Cl)cc2Cl)c1. The van der Waals surface area contributed by atoms with Crippen molar-refractivity contribution in [1.82, 2.24) is 9.55 Å². The van der Waals surface area contributed by atoms with Crippen molar-refractivity contribution in [2.75, 3.05) is 0 Å². The van der Waals surface area contributed by atoms with Gasteiger partial charge in [-0.1, -0.05) is 23.2 Å². The predicted molar refractivity (Wildman–Crippen MR) is 72.7 cm³/mol. The van der Waals surface area contributed by atoms with Crippen LogP contribution in [0.15, 0.2) is 30.7 Å². The molecule has 0 N–H and O–H groups in total. The topological polar surface area (TPSA) is 17.8 Å². The highest BCUT2D eigenvalue weighted by Crippen LogP contribution is 2.30. The maximum Gasteiger partial charge on any atom is 0.0958 e. The van der Waals surface area contributed by atoms with Crippen LogP contribution in [0.1, 0.15) is 20.8 Å². The van der Waals surface area contributed by atoms with Gasteiger partial charge >= 0.3 is 0 Å². The van der Waals surface area contributed by atoms with Crippen molar-refractivity contribution in [3.8, 4) is 11.3 Å². The molecule has 0 atom stereocenters. The molecule has 0 amide bonds. The Bertz CT molecular complexity index is 539. The molecule has 2 rings (SSSR count). The zero-order valence-electron chi connectivity index (χ0n) is 10.0. The molecule has 1 aromatic heterocycles. The maximum absolute atomic E-state index is 6.15. The molecule has 0 saturated heterocycles. The van der Waals surface area contributed by atoms with Gasteiger partial charge in [-0.3, -0.25) is 0 Å². The first-order chi connectivity index (χ1) is 7.88. The Balaban J connectivity index is 2.44. The minimum absolute atomic E-state index is 0.0180. The fraction of sp³-hybridized carbons (Fsp3) is 0.308. The quantitative estimate of drug-likeness (QED) is 0.739. The van der Waals surface area contributed by atoms with Crippen LogP contribution in [-0.2, 0) is 5.54 Å². The summed E-state index contributed by atoms with van der Waals surface area (Å²) in [6.45, 7) is 6.38. The van der Waals surface area contributed by atoms with Crippen LogP contribution >= 0.6 is 23.2 Å². The summed E-state index contributed by atoms with van der Waals surface area (Å²) in [5, 5.41) is 1.26. The number of nitrogens with zero attached hydrogens (tertiary/aromatic N) is 2. The van der Waals surface area contributed by atoms with Crippen LogP contribution in [-0.4, -0.2) is 9.55 Å². The van der Waals surface area contributed by atoms with Gasteiger partial charge in [0.05, 0.1) is 17.0 Å². The molecule has 0 saturated carbocycles. The van der Waals surface area contributed by atoms with Crippen molar-refractivity contribution in [3.05, 3.63) is 40.8 Å². The number of hydrogen-bond acceptors (Lipinski definition) is 1. The lowest BCUT2D eigenvalue weighted by Crippen LogP contribution is -2.19. The lowest BCUT2D eigenvalue weighted by molar-refractivity contribution is 0.396. The molecule has 0 bridgehead atoms. The van der Waals surface area contributed by atoms with Gasteiger partial charge in [0, 0.05) is 22.3 Å². The summed E-state index contributed by atoms with van der Waals surface area (Å²) < 4.78 is 2.06. The van der Waals surface area contributed by atoms with Gasteiger partial charge in [0.2, 0.25) is 0 Å². The monoisotopic (exact) mass is 268 g/mol. The largest absolute Gasteiger partial charge is 0.332 e. The van der Waals surface area contributed by atoms with E-state index in [4.69, 9.17) is 23.2 Å². The van der Waals surface area contributed by atoms with Crippen LogP contribution in [0.25, 0.3) is 11.3 Å². The summed E-state index contributed by atoms with van der Waals surface area (Å²) in [6, 6.07) is 5.44. The first kappa shape index (κ1) is 12.5. The van der Waals surface area contributed by atoms with Crippen molar-refractivity contribution in [2.24, 2.45) is 0 Å². The predicted octanol–water partition coefficient (Wildman–Crippen LogP) is 4.61. The van der Waals surface area contributed by atoms with Gasteiger partial charge in [-0.2, -0.15) is 0 Å². The number of benzene rings is 1. The van der Waals surface area contributed by atoms with E-state index in [1.807, 2.05) is 24.7 Å². The van der Waals surface area contributed by atoms with Crippen LogP contribution in [0.5, 0.6) is 0 Å². The number of halogens is 2. The number of rotatable bonds is 1. The van der Waals surface area contributed by atoms with E-state index in [1.54, 1.807) is 6.07 Å². The van der Waals surface area contributed by atoms with E-state index in [1.165, 1.54) is 0 Å².